The van der Waals surface area contributed by atoms with E-state index in [1.54, 1.807) is 24.3 Å². The van der Waals surface area contributed by atoms with Gasteiger partial charge in [0.2, 0.25) is 10.0 Å². The minimum absolute atomic E-state index is 0.0934. The van der Waals surface area contributed by atoms with Crippen LogP contribution in [0.2, 0.25) is 0 Å². The monoisotopic (exact) mass is 460 g/mol. The molecule has 33 heavy (non-hydrogen) atoms. The number of carbonyl (C=O) groups is 1. The van der Waals surface area contributed by atoms with E-state index in [4.69, 9.17) is 0 Å². The molecule has 0 heterocycles. The fourth-order valence-electron chi connectivity index (χ4n) is 2.91. The van der Waals surface area contributed by atoms with Crippen molar-refractivity contribution in [1.29, 1.82) is 0 Å². The number of hydrogen-bond donors (Lipinski definition) is 1. The Kier molecular flexibility index (Phi) is 8.01. The van der Waals surface area contributed by atoms with Gasteiger partial charge in [0.15, 0.2) is 0 Å². The standard InChI is InChI=1S/C25H24N4O3S/c1-3-18-29(19-4-2)33(31,32)24-16-10-20(11-17-24)25(30)26-21-12-14-23(15-13-21)28-27-22-8-6-5-7-9-22/h3-17H,1-2,18-19H2,(H,26,30). The van der Waals surface area contributed by atoms with E-state index in [-0.39, 0.29) is 23.9 Å². The molecule has 0 aliphatic heterocycles. The number of carbonyl (C=O) groups excluding carboxylic acids is 1. The summed E-state index contributed by atoms with van der Waals surface area (Å²) in [6.07, 6.45) is 3.02. The highest BCUT2D eigenvalue weighted by molar-refractivity contribution is 7.89. The lowest BCUT2D eigenvalue weighted by atomic mass is 10.2. The second kappa shape index (κ2) is 11.1. The molecular formula is C25H24N4O3S. The molecule has 3 rings (SSSR count). The molecule has 0 saturated carbocycles. The maximum absolute atomic E-state index is 12.8. The molecule has 0 aliphatic carbocycles. The highest BCUT2D eigenvalue weighted by Crippen LogP contribution is 2.21. The second-order valence-electron chi connectivity index (χ2n) is 6.96. The third-order valence-electron chi connectivity index (χ3n) is 4.58. The molecule has 0 unspecified atom stereocenters. The average molecular weight is 461 g/mol. The molecule has 1 amide bonds. The molecule has 0 spiro atoms. The van der Waals surface area contributed by atoms with Crippen molar-refractivity contribution in [3.63, 3.8) is 0 Å². The smallest absolute Gasteiger partial charge is 0.255 e. The first-order valence-corrected chi connectivity index (χ1v) is 11.6. The van der Waals surface area contributed by atoms with Crippen LogP contribution in [0.25, 0.3) is 0 Å². The summed E-state index contributed by atoms with van der Waals surface area (Å²) in [6, 6.07) is 22.1. The average Bonchev–Trinajstić information content (AvgIpc) is 2.84. The molecule has 0 atom stereocenters. The second-order valence-corrected chi connectivity index (χ2v) is 8.90. The van der Waals surface area contributed by atoms with Gasteiger partial charge >= 0.3 is 0 Å². The predicted molar refractivity (Wildman–Crippen MR) is 131 cm³/mol. The van der Waals surface area contributed by atoms with E-state index in [0.29, 0.717) is 16.9 Å². The lowest BCUT2D eigenvalue weighted by molar-refractivity contribution is 0.102. The number of benzene rings is 3. The van der Waals surface area contributed by atoms with Gasteiger partial charge < -0.3 is 5.32 Å². The van der Waals surface area contributed by atoms with Gasteiger partial charge in [0.05, 0.1) is 16.3 Å². The lowest BCUT2D eigenvalue weighted by Gasteiger charge is -2.19. The molecule has 0 radical (unpaired) electrons. The van der Waals surface area contributed by atoms with Crippen molar-refractivity contribution < 1.29 is 13.2 Å². The van der Waals surface area contributed by atoms with Gasteiger partial charge in [-0.3, -0.25) is 4.79 Å². The summed E-state index contributed by atoms with van der Waals surface area (Å²) in [5.74, 6) is -0.355. The van der Waals surface area contributed by atoms with Crippen LogP contribution in [0.5, 0.6) is 0 Å². The lowest BCUT2D eigenvalue weighted by Crippen LogP contribution is -2.31. The Hall–Kier alpha value is -3.88. The number of hydrogen-bond acceptors (Lipinski definition) is 5. The number of sulfonamides is 1. The first-order chi connectivity index (χ1) is 15.9. The van der Waals surface area contributed by atoms with Crippen molar-refractivity contribution in [2.75, 3.05) is 18.4 Å². The zero-order valence-corrected chi connectivity index (χ0v) is 18.8. The summed E-state index contributed by atoms with van der Waals surface area (Å²) in [5, 5.41) is 11.1. The molecule has 0 aromatic heterocycles. The van der Waals surface area contributed by atoms with Gasteiger partial charge in [0.25, 0.3) is 5.91 Å². The van der Waals surface area contributed by atoms with Crippen molar-refractivity contribution in [3.8, 4) is 0 Å². The molecule has 8 heteroatoms. The highest BCUT2D eigenvalue weighted by Gasteiger charge is 2.22. The van der Waals surface area contributed by atoms with E-state index in [1.807, 2.05) is 30.3 Å². The van der Waals surface area contributed by atoms with Crippen LogP contribution in [-0.4, -0.2) is 31.7 Å². The van der Waals surface area contributed by atoms with Gasteiger partial charge in [-0.1, -0.05) is 30.4 Å². The highest BCUT2D eigenvalue weighted by atomic mass is 32.2. The van der Waals surface area contributed by atoms with Crippen LogP contribution in [0.4, 0.5) is 17.1 Å². The van der Waals surface area contributed by atoms with E-state index >= 15 is 0 Å². The van der Waals surface area contributed by atoms with Crippen molar-refractivity contribution in [2.24, 2.45) is 10.2 Å². The quantitative estimate of drug-likeness (QED) is 0.310. The summed E-state index contributed by atoms with van der Waals surface area (Å²) in [6.45, 7) is 7.51. The van der Waals surface area contributed by atoms with Gasteiger partial charge in [-0.2, -0.15) is 14.5 Å². The maximum Gasteiger partial charge on any atom is 0.255 e. The zero-order chi connectivity index (χ0) is 23.7. The molecule has 0 bridgehead atoms. The predicted octanol–water partition coefficient (Wildman–Crippen LogP) is 5.72. The maximum atomic E-state index is 12.8. The third-order valence-corrected chi connectivity index (χ3v) is 6.43. The first-order valence-electron chi connectivity index (χ1n) is 10.1. The van der Waals surface area contributed by atoms with Crippen LogP contribution < -0.4 is 5.32 Å². The van der Waals surface area contributed by atoms with Gasteiger partial charge in [0.1, 0.15) is 0 Å². The van der Waals surface area contributed by atoms with Gasteiger partial charge in [-0.25, -0.2) is 8.42 Å². The molecule has 7 nitrogen and oxygen atoms in total. The van der Waals surface area contributed by atoms with Crippen molar-refractivity contribution in [3.05, 3.63) is 110 Å². The number of azo groups is 1. The Morgan fingerprint density at radius 3 is 1.91 bits per heavy atom. The van der Waals surface area contributed by atoms with E-state index in [9.17, 15) is 13.2 Å². The Labute approximate surface area is 193 Å². The van der Waals surface area contributed by atoms with Gasteiger partial charge in [-0.15, -0.1) is 13.2 Å². The topological polar surface area (TPSA) is 91.2 Å². The van der Waals surface area contributed by atoms with Crippen LogP contribution >= 0.6 is 0 Å². The van der Waals surface area contributed by atoms with Crippen LogP contribution in [0.1, 0.15) is 10.4 Å². The third kappa shape index (κ3) is 6.31. The summed E-state index contributed by atoms with van der Waals surface area (Å²) < 4.78 is 26.8. The van der Waals surface area contributed by atoms with E-state index in [0.717, 1.165) is 5.69 Å². The van der Waals surface area contributed by atoms with Crippen molar-refractivity contribution in [2.45, 2.75) is 4.90 Å². The molecule has 168 valence electrons. The summed E-state index contributed by atoms with van der Waals surface area (Å²) >= 11 is 0. The number of nitrogens with one attached hydrogen (secondary N) is 1. The van der Waals surface area contributed by atoms with Crippen molar-refractivity contribution >= 4 is 33.0 Å². The van der Waals surface area contributed by atoms with Crippen LogP contribution in [0.3, 0.4) is 0 Å². The van der Waals surface area contributed by atoms with E-state index in [2.05, 4.69) is 28.7 Å². The first kappa shape index (κ1) is 23.8. The normalized spacial score (nSPS) is 11.4. The Morgan fingerprint density at radius 1 is 0.818 bits per heavy atom. The fourth-order valence-corrected chi connectivity index (χ4v) is 4.29. The van der Waals surface area contributed by atoms with Crippen LogP contribution in [-0.2, 0) is 10.0 Å². The van der Waals surface area contributed by atoms with E-state index in [1.165, 1.54) is 40.7 Å². The summed E-state index contributed by atoms with van der Waals surface area (Å²) in [7, 11) is -3.72. The van der Waals surface area contributed by atoms with Crippen molar-refractivity contribution in [1.82, 2.24) is 4.31 Å². The van der Waals surface area contributed by atoms with E-state index < -0.39 is 10.0 Å². The SMILES string of the molecule is C=CCN(CC=C)S(=O)(=O)c1ccc(C(=O)Nc2ccc(N=Nc3ccccc3)cc2)cc1. The molecule has 3 aromatic carbocycles. The molecule has 0 aliphatic rings. The number of nitrogens with zero attached hydrogens (tertiary/aromatic N) is 3. The molecule has 3 aromatic rings. The minimum atomic E-state index is -3.72. The molecule has 1 N–H and O–H groups in total. The summed E-state index contributed by atoms with van der Waals surface area (Å²) in [4.78, 5) is 12.7. The fraction of sp³-hybridized carbons (Fsp3) is 0.0800. The van der Waals surface area contributed by atoms with Crippen LogP contribution in [0, 0.1) is 0 Å². The van der Waals surface area contributed by atoms with Crippen LogP contribution in [0.15, 0.2) is 119 Å². The minimum Gasteiger partial charge on any atom is -0.322 e. The molecule has 0 fully saturated rings. The Balaban J connectivity index is 1.66. The zero-order valence-electron chi connectivity index (χ0n) is 18.0. The Bertz CT molecular complexity index is 1230. The molecule has 0 saturated heterocycles. The summed E-state index contributed by atoms with van der Waals surface area (Å²) in [5.41, 5.74) is 2.31. The largest absolute Gasteiger partial charge is 0.322 e. The number of amides is 1. The van der Waals surface area contributed by atoms with Gasteiger partial charge in [0, 0.05) is 24.3 Å². The molecular weight excluding hydrogens is 436 g/mol. The van der Waals surface area contributed by atoms with Gasteiger partial charge in [-0.05, 0) is 60.7 Å². The Morgan fingerprint density at radius 2 is 1.36 bits per heavy atom. The number of rotatable bonds is 10. The number of anilines is 1.